The summed E-state index contributed by atoms with van der Waals surface area (Å²) in [5.74, 6) is -2.07. The minimum absolute atomic E-state index is 0.0138. The molecular formula is C18H20FN3O5. The zero-order valence-corrected chi connectivity index (χ0v) is 14.8. The van der Waals surface area contributed by atoms with Gasteiger partial charge in [-0.05, 0) is 30.5 Å². The Labute approximate surface area is 153 Å². The fourth-order valence-electron chi connectivity index (χ4n) is 2.49. The van der Waals surface area contributed by atoms with E-state index in [0.717, 1.165) is 10.1 Å². The zero-order valence-electron chi connectivity index (χ0n) is 14.8. The van der Waals surface area contributed by atoms with Crippen molar-refractivity contribution in [2.75, 3.05) is 12.3 Å². The van der Waals surface area contributed by atoms with Gasteiger partial charge in [-0.15, -0.1) is 0 Å². The first-order chi connectivity index (χ1) is 12.8. The topological polar surface area (TPSA) is 124 Å². The van der Waals surface area contributed by atoms with Crippen LogP contribution in [0.5, 0.6) is 0 Å². The number of halogens is 1. The van der Waals surface area contributed by atoms with Crippen LogP contribution in [0.1, 0.15) is 35.7 Å². The number of hydrogen-bond acceptors (Lipinski definition) is 6. The molecule has 0 aliphatic carbocycles. The largest absolute Gasteiger partial charge is 0.457 e. The van der Waals surface area contributed by atoms with Crippen LogP contribution in [0.2, 0.25) is 0 Å². The number of benzene rings is 1. The van der Waals surface area contributed by atoms with Crippen molar-refractivity contribution in [3.05, 3.63) is 62.0 Å². The molecule has 0 saturated carbocycles. The van der Waals surface area contributed by atoms with Crippen LogP contribution < -0.4 is 17.0 Å². The molecule has 1 heterocycles. The number of ketones is 1. The van der Waals surface area contributed by atoms with Gasteiger partial charge in [-0.1, -0.05) is 19.1 Å². The number of nitrogens with two attached hydrogens (primary N) is 1. The van der Waals surface area contributed by atoms with Crippen molar-refractivity contribution < 1.29 is 18.7 Å². The molecular weight excluding hydrogens is 357 g/mol. The van der Waals surface area contributed by atoms with Crippen LogP contribution in [0.25, 0.3) is 0 Å². The van der Waals surface area contributed by atoms with Crippen LogP contribution in [-0.4, -0.2) is 27.9 Å². The minimum Gasteiger partial charge on any atom is -0.457 e. The van der Waals surface area contributed by atoms with E-state index in [1.165, 1.54) is 12.1 Å². The molecule has 0 spiro atoms. The van der Waals surface area contributed by atoms with Gasteiger partial charge in [-0.25, -0.2) is 9.18 Å². The van der Waals surface area contributed by atoms with Gasteiger partial charge in [0.25, 0.3) is 5.56 Å². The van der Waals surface area contributed by atoms with E-state index in [1.54, 1.807) is 19.1 Å². The zero-order chi connectivity index (χ0) is 20.0. The number of aryl methyl sites for hydroxylation is 1. The fraction of sp³-hybridized carbons (Fsp3) is 0.333. The highest BCUT2D eigenvalue weighted by atomic mass is 19.1. The van der Waals surface area contributed by atoms with Crippen molar-refractivity contribution in [2.24, 2.45) is 0 Å². The van der Waals surface area contributed by atoms with E-state index in [4.69, 9.17) is 10.5 Å². The fourth-order valence-corrected chi connectivity index (χ4v) is 2.49. The molecule has 0 fully saturated rings. The number of rotatable bonds is 8. The summed E-state index contributed by atoms with van der Waals surface area (Å²) in [6.45, 7) is 1.38. The Morgan fingerprint density at radius 2 is 1.89 bits per heavy atom. The van der Waals surface area contributed by atoms with Crippen molar-refractivity contribution in [1.82, 2.24) is 9.55 Å². The summed E-state index contributed by atoms with van der Waals surface area (Å²) in [5, 5.41) is 0. The van der Waals surface area contributed by atoms with Gasteiger partial charge in [-0.3, -0.25) is 23.9 Å². The number of anilines is 1. The van der Waals surface area contributed by atoms with Crippen LogP contribution in [-0.2, 0) is 22.5 Å². The molecule has 0 saturated heterocycles. The molecule has 0 unspecified atom stereocenters. The molecule has 3 N–H and O–H groups in total. The number of esters is 1. The molecule has 1 aromatic carbocycles. The molecule has 0 bridgehead atoms. The summed E-state index contributed by atoms with van der Waals surface area (Å²) in [7, 11) is 0. The third kappa shape index (κ3) is 5.13. The van der Waals surface area contributed by atoms with Crippen LogP contribution >= 0.6 is 0 Å². The lowest BCUT2D eigenvalue weighted by Gasteiger charge is -2.11. The van der Waals surface area contributed by atoms with E-state index in [0.29, 0.717) is 12.8 Å². The summed E-state index contributed by atoms with van der Waals surface area (Å²) < 4.78 is 18.8. The van der Waals surface area contributed by atoms with Gasteiger partial charge in [0.05, 0.1) is 0 Å². The first kappa shape index (κ1) is 20.1. The summed E-state index contributed by atoms with van der Waals surface area (Å²) in [5.41, 5.74) is 4.49. The standard InChI is InChI=1S/C18H20FN3O5/c1-2-9-22-16(20)15(17(25)21-18(22)26)13(23)10-27-14(24)8-5-11-3-6-12(19)7-4-11/h3-4,6-7H,2,5,8-10,20H2,1H3,(H,21,25,26). The lowest BCUT2D eigenvalue weighted by atomic mass is 10.1. The van der Waals surface area contributed by atoms with Crippen molar-refractivity contribution in [3.63, 3.8) is 0 Å². The molecule has 144 valence electrons. The van der Waals surface area contributed by atoms with Crippen LogP contribution in [0.15, 0.2) is 33.9 Å². The maximum Gasteiger partial charge on any atom is 0.329 e. The number of carbonyl (C=O) groups is 2. The molecule has 0 aliphatic heterocycles. The Balaban J connectivity index is 2.00. The minimum atomic E-state index is -0.919. The van der Waals surface area contributed by atoms with E-state index in [2.05, 4.69) is 0 Å². The quantitative estimate of drug-likeness (QED) is 0.523. The summed E-state index contributed by atoms with van der Waals surface area (Å²) in [4.78, 5) is 49.7. The third-order valence-corrected chi connectivity index (χ3v) is 3.86. The Morgan fingerprint density at radius 1 is 1.22 bits per heavy atom. The molecule has 0 aliphatic rings. The molecule has 9 heteroatoms. The number of H-pyrrole nitrogens is 1. The smallest absolute Gasteiger partial charge is 0.329 e. The van der Waals surface area contributed by atoms with Crippen molar-refractivity contribution in [2.45, 2.75) is 32.7 Å². The van der Waals surface area contributed by atoms with E-state index in [9.17, 15) is 23.6 Å². The van der Waals surface area contributed by atoms with Crippen molar-refractivity contribution in [1.29, 1.82) is 0 Å². The van der Waals surface area contributed by atoms with Crippen LogP contribution in [0.4, 0.5) is 10.2 Å². The highest BCUT2D eigenvalue weighted by Crippen LogP contribution is 2.08. The van der Waals surface area contributed by atoms with E-state index in [1.807, 2.05) is 4.98 Å². The van der Waals surface area contributed by atoms with Gasteiger partial charge in [0.1, 0.15) is 17.2 Å². The second-order valence-corrected chi connectivity index (χ2v) is 5.88. The predicted molar refractivity (Wildman–Crippen MR) is 96.0 cm³/mol. The van der Waals surface area contributed by atoms with E-state index >= 15 is 0 Å². The van der Waals surface area contributed by atoms with Gasteiger partial charge in [0, 0.05) is 13.0 Å². The first-order valence-electron chi connectivity index (χ1n) is 8.39. The number of nitrogens with zero attached hydrogens (tertiary/aromatic N) is 1. The lowest BCUT2D eigenvalue weighted by Crippen LogP contribution is -2.37. The molecule has 0 atom stereocenters. The summed E-state index contributed by atoms with van der Waals surface area (Å²) >= 11 is 0. The molecule has 0 amide bonds. The maximum atomic E-state index is 12.8. The number of nitrogens with one attached hydrogen (secondary N) is 1. The average Bonchev–Trinajstić information content (AvgIpc) is 2.62. The monoisotopic (exact) mass is 377 g/mol. The predicted octanol–water partition coefficient (Wildman–Crippen LogP) is 1.03. The van der Waals surface area contributed by atoms with Gasteiger partial charge in [0.2, 0.25) is 5.78 Å². The Morgan fingerprint density at radius 3 is 2.52 bits per heavy atom. The second kappa shape index (κ2) is 8.93. The molecule has 2 rings (SSSR count). The van der Waals surface area contributed by atoms with Gasteiger partial charge in [0.15, 0.2) is 6.61 Å². The Kier molecular flexibility index (Phi) is 6.64. The maximum absolute atomic E-state index is 12.8. The number of Topliss-reactive ketones (excluding diaryl/α,β-unsaturated/α-hetero) is 1. The number of nitrogen functional groups attached to an aromatic ring is 1. The normalized spacial score (nSPS) is 10.6. The highest BCUT2D eigenvalue weighted by molar-refractivity contribution is 6.01. The van der Waals surface area contributed by atoms with E-state index < -0.39 is 35.2 Å². The number of aromatic nitrogens is 2. The molecule has 8 nitrogen and oxygen atoms in total. The van der Waals surface area contributed by atoms with Crippen LogP contribution in [0, 0.1) is 5.82 Å². The number of hydrogen-bond donors (Lipinski definition) is 2. The molecule has 1 aromatic heterocycles. The Hall–Kier alpha value is -3.23. The first-order valence-corrected chi connectivity index (χ1v) is 8.39. The molecule has 2 aromatic rings. The van der Waals surface area contributed by atoms with Crippen molar-refractivity contribution >= 4 is 17.6 Å². The number of aromatic amines is 1. The summed E-state index contributed by atoms with van der Waals surface area (Å²) in [6.07, 6.45) is 0.875. The van der Waals surface area contributed by atoms with Crippen molar-refractivity contribution in [3.8, 4) is 0 Å². The molecule has 27 heavy (non-hydrogen) atoms. The third-order valence-electron chi connectivity index (χ3n) is 3.86. The highest BCUT2D eigenvalue weighted by Gasteiger charge is 2.20. The Bertz CT molecular complexity index is 947. The van der Waals surface area contributed by atoms with Gasteiger partial charge in [-0.2, -0.15) is 0 Å². The SMILES string of the molecule is CCCn1c(N)c(C(=O)COC(=O)CCc2ccc(F)cc2)c(=O)[nH]c1=O. The van der Waals surface area contributed by atoms with Crippen LogP contribution in [0.3, 0.4) is 0 Å². The average molecular weight is 377 g/mol. The lowest BCUT2D eigenvalue weighted by molar-refractivity contribution is -0.142. The van der Waals surface area contributed by atoms with Gasteiger partial charge >= 0.3 is 11.7 Å². The number of carbonyl (C=O) groups excluding carboxylic acids is 2. The number of ether oxygens (including phenoxy) is 1. The molecule has 0 radical (unpaired) electrons. The second-order valence-electron chi connectivity index (χ2n) is 5.88. The van der Waals surface area contributed by atoms with Gasteiger partial charge < -0.3 is 10.5 Å². The van der Waals surface area contributed by atoms with E-state index in [-0.39, 0.29) is 24.6 Å². The summed E-state index contributed by atoms with van der Waals surface area (Å²) in [6, 6.07) is 5.66.